The summed E-state index contributed by atoms with van der Waals surface area (Å²) in [7, 11) is 0. The van der Waals surface area contributed by atoms with E-state index < -0.39 is 12.6 Å². The van der Waals surface area contributed by atoms with Crippen molar-refractivity contribution in [3.8, 4) is 0 Å². The van der Waals surface area contributed by atoms with E-state index in [4.69, 9.17) is 6.48 Å². The van der Waals surface area contributed by atoms with Crippen molar-refractivity contribution in [1.29, 1.82) is 0 Å². The first-order chi connectivity index (χ1) is 3.30. The van der Waals surface area contributed by atoms with E-state index in [9.17, 15) is 0 Å². The molecule has 0 aromatic carbocycles. The number of nitrogens with one attached hydrogen (secondary N) is 1. The van der Waals surface area contributed by atoms with E-state index in [-0.39, 0.29) is 0 Å². The normalized spacial score (nSPS) is 49.2. The average molecular weight is 88.1 g/mol. The van der Waals surface area contributed by atoms with Crippen LogP contribution < -0.4 is 5.32 Å². The summed E-state index contributed by atoms with van der Waals surface area (Å²) >= 11 is 0. The first-order valence-corrected chi connectivity index (χ1v) is 2.14. The van der Waals surface area contributed by atoms with Gasteiger partial charge in [0.15, 0.2) is 0 Å². The lowest BCUT2D eigenvalue weighted by atomic mass is 10.3. The average Bonchev–Trinajstić information content (AvgIpc) is 1.91. The van der Waals surface area contributed by atoms with E-state index in [2.05, 4.69) is 5.32 Å². The third kappa shape index (κ3) is 0.698. The lowest BCUT2D eigenvalue weighted by Crippen LogP contribution is -2.11. The van der Waals surface area contributed by atoms with Crippen LogP contribution in [-0.2, 0) is 0 Å². The van der Waals surface area contributed by atoms with Crippen molar-refractivity contribution in [2.45, 2.75) is 12.5 Å². The van der Waals surface area contributed by atoms with Gasteiger partial charge in [-0.3, -0.25) is 0 Å². The molecule has 2 N–H and O–H groups in total. The number of aliphatic hydroxyl groups excluding tert-OH is 1. The fourth-order valence-corrected chi connectivity index (χ4v) is 0.534. The molecule has 0 aliphatic carbocycles. The zero-order valence-corrected chi connectivity index (χ0v) is 3.52. The van der Waals surface area contributed by atoms with Gasteiger partial charge in [0.25, 0.3) is 0 Å². The summed E-state index contributed by atoms with van der Waals surface area (Å²) in [5.74, 6) is 0. The van der Waals surface area contributed by atoms with Gasteiger partial charge in [-0.2, -0.15) is 0 Å². The third-order valence-corrected chi connectivity index (χ3v) is 0.895. The first-order valence-electron chi connectivity index (χ1n) is 2.72. The maximum absolute atomic E-state index is 8.75. The number of β-amino-alcohol motifs (C(OH)–C–C–N with tert-alkyl or cyclic N) is 1. The van der Waals surface area contributed by atoms with E-state index in [1.807, 2.05) is 0 Å². The number of rotatable bonds is 0. The van der Waals surface area contributed by atoms with Crippen molar-refractivity contribution in [2.75, 3.05) is 13.1 Å². The molecule has 36 valence electrons. The van der Waals surface area contributed by atoms with Crippen LogP contribution in [0.3, 0.4) is 0 Å². The summed E-state index contributed by atoms with van der Waals surface area (Å²) in [6, 6.07) is 0. The fraction of sp³-hybridized carbons (Fsp3) is 1.00. The zero-order valence-electron chi connectivity index (χ0n) is 4.52. The number of hydrogen-bond acceptors (Lipinski definition) is 2. The Kier molecular flexibility index (Phi) is 0.787. The second-order valence-corrected chi connectivity index (χ2v) is 1.48. The maximum atomic E-state index is 8.75. The molecule has 0 aromatic rings. The quantitative estimate of drug-likeness (QED) is 0.412. The molecule has 0 spiro atoms. The Morgan fingerprint density at radius 3 is 3.00 bits per heavy atom. The van der Waals surface area contributed by atoms with Gasteiger partial charge in [0.1, 0.15) is 0 Å². The Morgan fingerprint density at radius 1 is 2.00 bits per heavy atom. The van der Waals surface area contributed by atoms with E-state index in [1.54, 1.807) is 0 Å². The van der Waals surface area contributed by atoms with Crippen LogP contribution >= 0.6 is 0 Å². The SMILES string of the molecule is [2H]C1NCCC1O. The molecule has 0 aromatic heterocycles. The van der Waals surface area contributed by atoms with E-state index >= 15 is 0 Å². The van der Waals surface area contributed by atoms with Crippen LogP contribution in [-0.4, -0.2) is 24.3 Å². The summed E-state index contributed by atoms with van der Waals surface area (Å²) in [5, 5.41) is 11.5. The van der Waals surface area contributed by atoms with Crippen LogP contribution in [0.15, 0.2) is 0 Å². The molecule has 0 radical (unpaired) electrons. The smallest absolute Gasteiger partial charge is 0.0676 e. The molecule has 1 fully saturated rings. The summed E-state index contributed by atoms with van der Waals surface area (Å²) < 4.78 is 6.98. The van der Waals surface area contributed by atoms with Gasteiger partial charge in [-0.15, -0.1) is 0 Å². The largest absolute Gasteiger partial charge is 0.392 e. The van der Waals surface area contributed by atoms with E-state index in [0.29, 0.717) is 0 Å². The van der Waals surface area contributed by atoms with Crippen LogP contribution in [0, 0.1) is 0 Å². The van der Waals surface area contributed by atoms with Gasteiger partial charge >= 0.3 is 0 Å². The lowest BCUT2D eigenvalue weighted by molar-refractivity contribution is 0.196. The van der Waals surface area contributed by atoms with Crippen molar-refractivity contribution in [3.05, 3.63) is 0 Å². The molecule has 0 amide bonds. The standard InChI is InChI=1S/C4H9NO/c6-4-1-2-5-3-4/h4-6H,1-3H2/i3D. The second kappa shape index (κ2) is 1.58. The van der Waals surface area contributed by atoms with Gasteiger partial charge in [0.05, 0.1) is 6.10 Å². The Hall–Kier alpha value is -0.0800. The lowest BCUT2D eigenvalue weighted by Gasteiger charge is -1.90. The van der Waals surface area contributed by atoms with Gasteiger partial charge in [0.2, 0.25) is 0 Å². The topological polar surface area (TPSA) is 32.3 Å². The molecule has 2 nitrogen and oxygen atoms in total. The molecule has 2 heteroatoms. The highest BCUT2D eigenvalue weighted by Gasteiger charge is 2.08. The van der Waals surface area contributed by atoms with Gasteiger partial charge in [-0.1, -0.05) is 0 Å². The predicted octanol–water partition coefficient (Wildman–Crippen LogP) is -0.659. The molecule has 2 atom stereocenters. The van der Waals surface area contributed by atoms with Gasteiger partial charge < -0.3 is 10.4 Å². The van der Waals surface area contributed by atoms with Gasteiger partial charge in [0, 0.05) is 7.89 Å². The molecule has 1 aliphatic heterocycles. The summed E-state index contributed by atoms with van der Waals surface area (Å²) in [4.78, 5) is 0. The molecular weight excluding hydrogens is 78.0 g/mol. The monoisotopic (exact) mass is 88.1 g/mol. The molecule has 6 heavy (non-hydrogen) atoms. The van der Waals surface area contributed by atoms with E-state index in [0.717, 1.165) is 13.0 Å². The molecule has 1 heterocycles. The Morgan fingerprint density at radius 2 is 2.83 bits per heavy atom. The highest BCUT2D eigenvalue weighted by atomic mass is 16.3. The van der Waals surface area contributed by atoms with Crippen molar-refractivity contribution >= 4 is 0 Å². The third-order valence-electron chi connectivity index (χ3n) is 0.895. The predicted molar refractivity (Wildman–Crippen MR) is 23.5 cm³/mol. The first kappa shape index (κ1) is 2.99. The number of hydrogen-bond donors (Lipinski definition) is 2. The summed E-state index contributed by atoms with van der Waals surface area (Å²) in [6.45, 7) is 0.356. The highest BCUT2D eigenvalue weighted by molar-refractivity contribution is 4.67. The molecule has 1 saturated heterocycles. The Bertz CT molecular complexity index is 60.7. The minimum absolute atomic E-state index is 0.431. The maximum Gasteiger partial charge on any atom is 0.0676 e. The van der Waals surface area contributed by atoms with Crippen LogP contribution in [0.2, 0.25) is 0 Å². The molecule has 2 unspecified atom stereocenters. The van der Waals surface area contributed by atoms with Gasteiger partial charge in [-0.25, -0.2) is 0 Å². The minimum atomic E-state index is -0.431. The van der Waals surface area contributed by atoms with Crippen LogP contribution in [0.1, 0.15) is 7.79 Å². The van der Waals surface area contributed by atoms with Crippen LogP contribution in [0.25, 0.3) is 0 Å². The Labute approximate surface area is 38.6 Å². The van der Waals surface area contributed by atoms with Crippen molar-refractivity contribution in [3.63, 3.8) is 0 Å². The minimum Gasteiger partial charge on any atom is -0.392 e. The van der Waals surface area contributed by atoms with Crippen LogP contribution in [0.4, 0.5) is 0 Å². The fourth-order valence-electron chi connectivity index (χ4n) is 0.534. The molecular formula is C4H9NO. The molecule has 1 rings (SSSR count). The number of aliphatic hydroxyl groups is 1. The summed E-state index contributed by atoms with van der Waals surface area (Å²) in [5.41, 5.74) is 0. The van der Waals surface area contributed by atoms with Crippen molar-refractivity contribution in [2.24, 2.45) is 0 Å². The van der Waals surface area contributed by atoms with Gasteiger partial charge in [-0.05, 0) is 13.0 Å². The highest BCUT2D eigenvalue weighted by Crippen LogP contribution is 1.93. The Balaban J connectivity index is 2.33. The van der Waals surface area contributed by atoms with Crippen molar-refractivity contribution < 1.29 is 6.48 Å². The second-order valence-electron chi connectivity index (χ2n) is 1.48. The zero-order chi connectivity index (χ0) is 5.28. The molecule has 1 aliphatic rings. The molecule has 0 saturated carbocycles. The van der Waals surface area contributed by atoms with Crippen LogP contribution in [0.5, 0.6) is 0 Å². The van der Waals surface area contributed by atoms with Crippen molar-refractivity contribution in [1.82, 2.24) is 5.32 Å². The summed E-state index contributed by atoms with van der Waals surface area (Å²) in [6.07, 6.45) is 0.300. The molecule has 0 bridgehead atoms. The van der Waals surface area contributed by atoms with E-state index in [1.165, 1.54) is 0 Å².